The predicted molar refractivity (Wildman–Crippen MR) is 90.3 cm³/mol. The fourth-order valence-electron chi connectivity index (χ4n) is 3.20. The van der Waals surface area contributed by atoms with Crippen molar-refractivity contribution in [3.8, 4) is 0 Å². The first kappa shape index (κ1) is 17.5. The molecule has 22 heavy (non-hydrogen) atoms. The number of nitrogens with one attached hydrogen (secondary N) is 1. The Morgan fingerprint density at radius 2 is 2.05 bits per heavy atom. The van der Waals surface area contributed by atoms with Gasteiger partial charge in [0.1, 0.15) is 6.10 Å². The van der Waals surface area contributed by atoms with Gasteiger partial charge in [-0.05, 0) is 25.2 Å². The number of guanidine groups is 1. The van der Waals surface area contributed by atoms with Crippen molar-refractivity contribution >= 4 is 5.96 Å². The quantitative estimate of drug-likeness (QED) is 0.464. The van der Waals surface area contributed by atoms with Crippen molar-refractivity contribution in [2.75, 3.05) is 39.9 Å². The Morgan fingerprint density at radius 3 is 2.73 bits per heavy atom. The molecule has 0 aliphatic carbocycles. The third-order valence-electron chi connectivity index (χ3n) is 4.48. The molecule has 2 unspecified atom stereocenters. The first-order valence-electron chi connectivity index (χ1n) is 8.89. The molecule has 0 saturated carbocycles. The van der Waals surface area contributed by atoms with E-state index in [0.717, 1.165) is 57.6 Å². The highest BCUT2D eigenvalue weighted by molar-refractivity contribution is 5.80. The zero-order valence-electron chi connectivity index (χ0n) is 14.5. The normalized spacial score (nSPS) is 26.7. The molecule has 0 aromatic carbocycles. The van der Waals surface area contributed by atoms with Gasteiger partial charge in [-0.25, -0.2) is 0 Å². The van der Waals surface area contributed by atoms with Gasteiger partial charge in [-0.15, -0.1) is 0 Å². The van der Waals surface area contributed by atoms with Gasteiger partial charge in [0.25, 0.3) is 0 Å². The second kappa shape index (κ2) is 9.36. The first-order valence-corrected chi connectivity index (χ1v) is 8.89. The summed E-state index contributed by atoms with van der Waals surface area (Å²) in [5.41, 5.74) is 0. The van der Waals surface area contributed by atoms with Crippen LogP contribution in [0.5, 0.6) is 0 Å². The van der Waals surface area contributed by atoms with Gasteiger partial charge in [0.05, 0.1) is 12.7 Å². The van der Waals surface area contributed by atoms with Gasteiger partial charge >= 0.3 is 0 Å². The fourth-order valence-corrected chi connectivity index (χ4v) is 3.20. The van der Waals surface area contributed by atoms with Crippen LogP contribution in [0.25, 0.3) is 0 Å². The van der Waals surface area contributed by atoms with E-state index in [-0.39, 0.29) is 12.2 Å². The molecule has 2 saturated heterocycles. The van der Waals surface area contributed by atoms with E-state index in [1.807, 2.05) is 7.05 Å². The standard InChI is InChI=1S/C17H33N3O2/c1-14(2)7-4-5-9-19-17(18-3)20-10-12-22-16(13-20)15-8-6-11-21-15/h14-16H,4-13H2,1-3H3,(H,18,19). The summed E-state index contributed by atoms with van der Waals surface area (Å²) in [4.78, 5) is 6.76. The summed E-state index contributed by atoms with van der Waals surface area (Å²) >= 11 is 0. The van der Waals surface area contributed by atoms with Crippen molar-refractivity contribution in [1.29, 1.82) is 0 Å². The van der Waals surface area contributed by atoms with Crippen molar-refractivity contribution in [3.05, 3.63) is 0 Å². The Kier molecular flexibility index (Phi) is 7.46. The van der Waals surface area contributed by atoms with Crippen molar-refractivity contribution in [2.24, 2.45) is 10.9 Å². The Bertz CT molecular complexity index is 341. The lowest BCUT2D eigenvalue weighted by molar-refractivity contribution is -0.0816. The molecule has 2 atom stereocenters. The minimum atomic E-state index is 0.191. The molecule has 2 aliphatic rings. The SMILES string of the molecule is CN=C(NCCCCC(C)C)N1CCOC(C2CCCO2)C1. The Labute approximate surface area is 135 Å². The molecule has 2 heterocycles. The number of hydrogen-bond acceptors (Lipinski definition) is 3. The maximum Gasteiger partial charge on any atom is 0.193 e. The molecule has 128 valence electrons. The van der Waals surface area contributed by atoms with Gasteiger partial charge < -0.3 is 19.7 Å². The largest absolute Gasteiger partial charge is 0.375 e. The number of aliphatic imine (C=N–C) groups is 1. The van der Waals surface area contributed by atoms with Crippen LogP contribution in [0.15, 0.2) is 4.99 Å². The van der Waals surface area contributed by atoms with Crippen LogP contribution in [0.1, 0.15) is 46.0 Å². The van der Waals surface area contributed by atoms with Crippen molar-refractivity contribution < 1.29 is 9.47 Å². The third kappa shape index (κ3) is 5.43. The summed E-state index contributed by atoms with van der Waals surface area (Å²) in [5, 5.41) is 3.50. The fraction of sp³-hybridized carbons (Fsp3) is 0.941. The molecule has 0 aromatic rings. The first-order chi connectivity index (χ1) is 10.7. The molecular formula is C17H33N3O2. The van der Waals surface area contributed by atoms with Gasteiger partial charge in [0.2, 0.25) is 0 Å². The van der Waals surface area contributed by atoms with Crippen LogP contribution in [0, 0.1) is 5.92 Å². The molecule has 0 aromatic heterocycles. The number of morpholine rings is 1. The van der Waals surface area contributed by atoms with Crippen LogP contribution in [-0.4, -0.2) is 63.0 Å². The van der Waals surface area contributed by atoms with Crippen molar-refractivity contribution in [2.45, 2.75) is 58.2 Å². The van der Waals surface area contributed by atoms with Crippen LogP contribution in [0.4, 0.5) is 0 Å². The number of hydrogen-bond donors (Lipinski definition) is 1. The van der Waals surface area contributed by atoms with E-state index in [1.165, 1.54) is 19.3 Å². The Balaban J connectivity index is 1.72. The molecule has 0 spiro atoms. The van der Waals surface area contributed by atoms with Crippen LogP contribution in [0.3, 0.4) is 0 Å². The minimum Gasteiger partial charge on any atom is -0.375 e. The Morgan fingerprint density at radius 1 is 1.23 bits per heavy atom. The molecule has 0 amide bonds. The van der Waals surface area contributed by atoms with Crippen LogP contribution in [-0.2, 0) is 9.47 Å². The highest BCUT2D eigenvalue weighted by Crippen LogP contribution is 2.21. The molecule has 0 radical (unpaired) electrons. The summed E-state index contributed by atoms with van der Waals surface area (Å²) in [6, 6.07) is 0. The molecular weight excluding hydrogens is 278 g/mol. The van der Waals surface area contributed by atoms with E-state index in [1.54, 1.807) is 0 Å². The summed E-state index contributed by atoms with van der Waals surface area (Å²) in [6.07, 6.45) is 6.54. The highest BCUT2D eigenvalue weighted by atomic mass is 16.5. The number of nitrogens with zero attached hydrogens (tertiary/aromatic N) is 2. The van der Waals surface area contributed by atoms with Gasteiger partial charge in [-0.2, -0.15) is 0 Å². The summed E-state index contributed by atoms with van der Waals surface area (Å²) in [6.45, 7) is 9.01. The van der Waals surface area contributed by atoms with Gasteiger partial charge in [0, 0.05) is 33.3 Å². The number of ether oxygens (including phenoxy) is 2. The van der Waals surface area contributed by atoms with E-state index < -0.39 is 0 Å². The zero-order chi connectivity index (χ0) is 15.8. The molecule has 5 heteroatoms. The molecule has 5 nitrogen and oxygen atoms in total. The molecule has 2 rings (SSSR count). The lowest BCUT2D eigenvalue weighted by Gasteiger charge is -2.37. The maximum atomic E-state index is 5.91. The van der Waals surface area contributed by atoms with E-state index in [0.29, 0.717) is 0 Å². The second-order valence-electron chi connectivity index (χ2n) is 6.77. The van der Waals surface area contributed by atoms with Gasteiger partial charge in [-0.3, -0.25) is 4.99 Å². The van der Waals surface area contributed by atoms with E-state index in [2.05, 4.69) is 29.1 Å². The van der Waals surface area contributed by atoms with Crippen molar-refractivity contribution in [1.82, 2.24) is 10.2 Å². The number of unbranched alkanes of at least 4 members (excludes halogenated alkanes) is 1. The third-order valence-corrected chi connectivity index (χ3v) is 4.48. The molecule has 2 aliphatic heterocycles. The second-order valence-corrected chi connectivity index (χ2v) is 6.77. The number of rotatable bonds is 6. The summed E-state index contributed by atoms with van der Waals surface area (Å²) in [7, 11) is 1.87. The van der Waals surface area contributed by atoms with E-state index in [9.17, 15) is 0 Å². The van der Waals surface area contributed by atoms with Gasteiger partial charge in [-0.1, -0.05) is 26.7 Å². The Hall–Kier alpha value is -0.810. The topological polar surface area (TPSA) is 46.1 Å². The van der Waals surface area contributed by atoms with Crippen molar-refractivity contribution in [3.63, 3.8) is 0 Å². The summed E-state index contributed by atoms with van der Waals surface area (Å²) in [5.74, 6) is 1.81. The maximum absolute atomic E-state index is 5.91. The molecule has 1 N–H and O–H groups in total. The zero-order valence-corrected chi connectivity index (χ0v) is 14.5. The lowest BCUT2D eigenvalue weighted by Crippen LogP contribution is -2.53. The predicted octanol–water partition coefficient (Wildman–Crippen LogP) is 2.27. The molecule has 0 bridgehead atoms. The van der Waals surface area contributed by atoms with Crippen LogP contribution >= 0.6 is 0 Å². The monoisotopic (exact) mass is 311 g/mol. The van der Waals surface area contributed by atoms with E-state index in [4.69, 9.17) is 9.47 Å². The van der Waals surface area contributed by atoms with Crippen LogP contribution < -0.4 is 5.32 Å². The summed E-state index contributed by atoms with van der Waals surface area (Å²) < 4.78 is 11.7. The average molecular weight is 311 g/mol. The lowest BCUT2D eigenvalue weighted by atomic mass is 10.1. The smallest absolute Gasteiger partial charge is 0.193 e. The van der Waals surface area contributed by atoms with Crippen LogP contribution in [0.2, 0.25) is 0 Å². The minimum absolute atomic E-state index is 0.191. The average Bonchev–Trinajstić information content (AvgIpc) is 3.05. The van der Waals surface area contributed by atoms with E-state index >= 15 is 0 Å². The highest BCUT2D eigenvalue weighted by Gasteiger charge is 2.32. The van der Waals surface area contributed by atoms with Gasteiger partial charge in [0.15, 0.2) is 5.96 Å². The molecule has 2 fully saturated rings.